The van der Waals surface area contributed by atoms with Crippen molar-refractivity contribution < 1.29 is 57.8 Å². The first-order chi connectivity index (χ1) is 42.6. The van der Waals surface area contributed by atoms with Crippen LogP contribution in [0.5, 0.6) is 0 Å². The first kappa shape index (κ1) is 79.1. The number of rotatable bonds is 15. The van der Waals surface area contributed by atoms with Crippen LogP contribution in [0.25, 0.3) is 11.0 Å². The molecule has 25 nitrogen and oxygen atoms in total. The van der Waals surface area contributed by atoms with Crippen LogP contribution in [0, 0.1) is 41.4 Å². The lowest BCUT2D eigenvalue weighted by Crippen LogP contribution is -2.64. The number of hydrogen-bond donors (Lipinski definition) is 6. The number of likely N-dealkylation sites (N-methyl/N-ethyl adjacent to an activating group) is 7. The molecule has 3 rings (SSSR count). The van der Waals surface area contributed by atoms with E-state index in [0.29, 0.717) is 11.3 Å². The quantitative estimate of drug-likeness (QED) is 0.148. The number of aromatic amines is 1. The maximum Gasteiger partial charge on any atom is 0.246 e. The van der Waals surface area contributed by atoms with Crippen molar-refractivity contribution in [1.29, 1.82) is 0 Å². The van der Waals surface area contributed by atoms with E-state index < -0.39 is 155 Å². The molecule has 2 heterocycles. The molecule has 2 aromatic rings. The number of carbonyl (C=O) groups excluding carboxylic acids is 11. The molecule has 0 saturated carbocycles. The van der Waals surface area contributed by atoms with Crippen LogP contribution in [0.3, 0.4) is 0 Å². The van der Waals surface area contributed by atoms with Crippen molar-refractivity contribution >= 4 is 76.0 Å². The summed E-state index contributed by atoms with van der Waals surface area (Å²) in [7, 11) is 9.93. The molecule has 1 aliphatic rings. The number of nitrogens with one attached hydrogen (secondary N) is 5. The van der Waals surface area contributed by atoms with Gasteiger partial charge in [-0.1, -0.05) is 109 Å². The van der Waals surface area contributed by atoms with Crippen molar-refractivity contribution in [3.8, 4) is 0 Å². The molecule has 1 aromatic heterocycles. The molecule has 1 aliphatic heterocycles. The summed E-state index contributed by atoms with van der Waals surface area (Å²) in [5.41, 5.74) is 1.41. The molecule has 25 heteroatoms. The van der Waals surface area contributed by atoms with Crippen LogP contribution in [-0.4, -0.2) is 236 Å². The number of nitrogens with zero attached hydrogens (tertiary/aromatic N) is 8. The van der Waals surface area contributed by atoms with E-state index in [1.54, 1.807) is 41.5 Å². The molecule has 0 radical (unpaired) electrons. The van der Waals surface area contributed by atoms with Gasteiger partial charge in [-0.25, -0.2) is 4.98 Å². The van der Waals surface area contributed by atoms with Crippen LogP contribution in [0.2, 0.25) is 0 Å². The standard InChI is InChI=1S/C67H113N13O12/c1-25-45-63(88)74(18)44(17)62(87)75(19)49(31-36(4)5)59(84)73-53(39(10)11)66(91)76(20)48(30-35(2)3)58(83)68-42(15)57(82)69-43(16)61(86)77(21)50(32-37(6)7)64(89)78(22)51(33-38(8)9)65(90)79(23)54(40(12)13)67(92)80(24)55(60(85)72-45)56(81)41(14)34-52-70-46-28-26-27-29-47(46)71-52/h26-29,35-45,48-51,53-56,81H,25,30-34H2,1-24H3,(H,68,83)(H,69,82)(H,70,71)(H,72,85)(H,73,84)/t41-,42-,43+,44-,45-,48-,49+,50-,51-,53-,54-,55-,56-/m1/s1. The maximum absolute atomic E-state index is 15.4. The first-order valence-electron chi connectivity index (χ1n) is 32.8. The number of carbonyl (C=O) groups is 11. The summed E-state index contributed by atoms with van der Waals surface area (Å²) in [4.78, 5) is 179. The Labute approximate surface area is 547 Å². The molecule has 92 heavy (non-hydrogen) atoms. The molecule has 1 saturated heterocycles. The monoisotopic (exact) mass is 1290 g/mol. The fraction of sp³-hybridized carbons (Fsp3) is 0.731. The van der Waals surface area contributed by atoms with Gasteiger partial charge in [-0.3, -0.25) is 52.7 Å². The third-order valence-corrected chi connectivity index (χ3v) is 17.8. The lowest BCUT2D eigenvalue weighted by Gasteiger charge is -2.41. The van der Waals surface area contributed by atoms with Crippen LogP contribution >= 0.6 is 0 Å². The van der Waals surface area contributed by atoms with E-state index in [9.17, 15) is 38.7 Å². The predicted octanol–water partition coefficient (Wildman–Crippen LogP) is 3.81. The summed E-state index contributed by atoms with van der Waals surface area (Å²) in [6.07, 6.45) is -0.960. The summed E-state index contributed by atoms with van der Waals surface area (Å²) in [5, 5.41) is 23.6. The summed E-state index contributed by atoms with van der Waals surface area (Å²) < 4.78 is 0. The average Bonchev–Trinajstić information content (AvgIpc) is 1.18. The number of amides is 11. The van der Waals surface area contributed by atoms with Crippen LogP contribution in [-0.2, 0) is 59.2 Å². The van der Waals surface area contributed by atoms with Gasteiger partial charge in [0.25, 0.3) is 0 Å². The molecule has 0 unspecified atom stereocenters. The van der Waals surface area contributed by atoms with Gasteiger partial charge in [0.05, 0.1) is 17.1 Å². The van der Waals surface area contributed by atoms with Gasteiger partial charge in [-0.05, 0) is 106 Å². The Hall–Kier alpha value is -7.18. The number of imidazole rings is 1. The normalized spacial score (nSPS) is 26.5. The van der Waals surface area contributed by atoms with E-state index in [0.717, 1.165) is 15.3 Å². The highest BCUT2D eigenvalue weighted by Gasteiger charge is 2.46. The topological polar surface area (TPSA) is 307 Å². The molecule has 0 aliphatic carbocycles. The molecule has 6 N–H and O–H groups in total. The second-order valence-electron chi connectivity index (χ2n) is 28.1. The predicted molar refractivity (Wildman–Crippen MR) is 353 cm³/mol. The van der Waals surface area contributed by atoms with Crippen molar-refractivity contribution in [2.45, 2.75) is 229 Å². The number of aliphatic hydroxyl groups excluding tert-OH is 1. The molecule has 11 amide bonds. The van der Waals surface area contributed by atoms with E-state index in [1.807, 2.05) is 79.7 Å². The fourth-order valence-corrected chi connectivity index (χ4v) is 11.9. The van der Waals surface area contributed by atoms with Crippen LogP contribution in [0.1, 0.15) is 156 Å². The van der Waals surface area contributed by atoms with Crippen molar-refractivity contribution in [3.05, 3.63) is 30.1 Å². The van der Waals surface area contributed by atoms with Gasteiger partial charge in [0, 0.05) is 55.8 Å². The number of benzene rings is 1. The van der Waals surface area contributed by atoms with Gasteiger partial charge in [0.1, 0.15) is 72.3 Å². The van der Waals surface area contributed by atoms with Crippen molar-refractivity contribution in [2.75, 3.05) is 49.3 Å². The Morgan fingerprint density at radius 2 is 0.880 bits per heavy atom. The molecular weight excluding hydrogens is 1180 g/mol. The van der Waals surface area contributed by atoms with E-state index in [4.69, 9.17) is 0 Å². The highest BCUT2D eigenvalue weighted by Crippen LogP contribution is 2.26. The van der Waals surface area contributed by atoms with Gasteiger partial charge in [0.15, 0.2) is 0 Å². The van der Waals surface area contributed by atoms with Crippen LogP contribution in [0.4, 0.5) is 0 Å². The Morgan fingerprint density at radius 3 is 1.36 bits per heavy atom. The maximum atomic E-state index is 15.4. The van der Waals surface area contributed by atoms with Crippen molar-refractivity contribution in [3.63, 3.8) is 0 Å². The number of aromatic nitrogens is 2. The van der Waals surface area contributed by atoms with Gasteiger partial charge >= 0.3 is 0 Å². The fourth-order valence-electron chi connectivity index (χ4n) is 11.9. The first-order valence-corrected chi connectivity index (χ1v) is 32.8. The van der Waals surface area contributed by atoms with Crippen LogP contribution < -0.4 is 21.3 Å². The number of aliphatic hydroxyl groups is 1. The van der Waals surface area contributed by atoms with Gasteiger partial charge in [-0.15, -0.1) is 0 Å². The summed E-state index contributed by atoms with van der Waals surface area (Å²) in [6, 6.07) is -6.54. The number of para-hydroxylation sites is 2. The molecule has 518 valence electrons. The highest BCUT2D eigenvalue weighted by molar-refractivity contribution is 6.00. The largest absolute Gasteiger partial charge is 0.390 e. The smallest absolute Gasteiger partial charge is 0.246 e. The Balaban J connectivity index is 2.34. The summed E-state index contributed by atoms with van der Waals surface area (Å²) >= 11 is 0. The Morgan fingerprint density at radius 1 is 0.446 bits per heavy atom. The van der Waals surface area contributed by atoms with Gasteiger partial charge < -0.3 is 65.7 Å². The highest BCUT2D eigenvalue weighted by atomic mass is 16.3. The van der Waals surface area contributed by atoms with Gasteiger partial charge in [0.2, 0.25) is 65.0 Å². The Bertz CT molecular complexity index is 2860. The third-order valence-electron chi connectivity index (χ3n) is 17.8. The minimum atomic E-state index is -1.70. The molecule has 0 bridgehead atoms. The number of hydrogen-bond acceptors (Lipinski definition) is 13. The minimum Gasteiger partial charge on any atom is -0.390 e. The molecule has 1 aromatic carbocycles. The SMILES string of the molecule is CC[C@H]1NC(=O)[C@@H]([C@H](O)[C@H](C)Cc2nc3ccccc3[nH]2)N(C)C(=O)[C@@H](C(C)C)N(C)C(=O)[C@@H](CC(C)C)N(C)C(=O)[C@@H](CC(C)C)N(C)C(=O)[C@H](C)NC(=O)[C@@H](C)NC(=O)[C@@H](CC(C)C)N(C)C(=O)[C@@H](C(C)C)NC(=O)[C@H](CC(C)C)N(C)C(=O)[C@@H](C)N(C)C1=O. The zero-order valence-electron chi connectivity index (χ0n) is 59.5. The average molecular weight is 1290 g/mol. The van der Waals surface area contributed by atoms with Gasteiger partial charge in [-0.2, -0.15) is 0 Å². The zero-order valence-corrected chi connectivity index (χ0v) is 59.5. The van der Waals surface area contributed by atoms with Crippen molar-refractivity contribution in [2.24, 2.45) is 41.4 Å². The zero-order chi connectivity index (χ0) is 70.4. The summed E-state index contributed by atoms with van der Waals surface area (Å²) in [6.45, 7) is 29.5. The van der Waals surface area contributed by atoms with E-state index >= 15 is 19.2 Å². The second kappa shape index (κ2) is 34.6. The van der Waals surface area contributed by atoms with Crippen LogP contribution in [0.15, 0.2) is 24.3 Å². The van der Waals surface area contributed by atoms with E-state index in [-0.39, 0.29) is 62.2 Å². The minimum absolute atomic E-state index is 0.0117. The lowest BCUT2D eigenvalue weighted by atomic mass is 9.91. The number of fused-ring (bicyclic) bond motifs is 1. The number of H-pyrrole nitrogens is 1. The Kier molecular flexibility index (Phi) is 29.8. The molecular formula is C67H113N13O12. The van der Waals surface area contributed by atoms with Crippen molar-refractivity contribution in [1.82, 2.24) is 65.5 Å². The summed E-state index contributed by atoms with van der Waals surface area (Å²) in [5.74, 6) is -9.67. The third kappa shape index (κ3) is 20.2. The molecule has 1 fully saturated rings. The molecule has 0 spiro atoms. The van der Waals surface area contributed by atoms with E-state index in [1.165, 1.54) is 94.6 Å². The molecule has 13 atom stereocenters. The second-order valence-corrected chi connectivity index (χ2v) is 28.1. The van der Waals surface area contributed by atoms with E-state index in [2.05, 4.69) is 31.2 Å². The lowest BCUT2D eigenvalue weighted by molar-refractivity contribution is -0.157.